The van der Waals surface area contributed by atoms with Gasteiger partial charge in [-0.1, -0.05) is 0 Å². The van der Waals surface area contributed by atoms with Crippen molar-refractivity contribution in [2.24, 2.45) is 0 Å². The Kier molecular flexibility index (Phi) is 4.46. The van der Waals surface area contributed by atoms with E-state index in [4.69, 9.17) is 0 Å². The predicted octanol–water partition coefficient (Wildman–Crippen LogP) is -0.391. The molecule has 0 radical (unpaired) electrons. The molecule has 1 aliphatic heterocycles. The van der Waals surface area contributed by atoms with Gasteiger partial charge in [-0.2, -0.15) is 5.10 Å². The summed E-state index contributed by atoms with van der Waals surface area (Å²) >= 11 is 0. The van der Waals surface area contributed by atoms with E-state index in [2.05, 4.69) is 5.10 Å². The Balaban J connectivity index is 1.86. The van der Waals surface area contributed by atoms with Crippen LogP contribution in [0.1, 0.15) is 12.8 Å². The van der Waals surface area contributed by atoms with Crippen LogP contribution >= 0.6 is 0 Å². The Morgan fingerprint density at radius 3 is 3.00 bits per heavy atom. The molecule has 1 fully saturated rings. The fourth-order valence-electron chi connectivity index (χ4n) is 2.43. The van der Waals surface area contributed by atoms with E-state index >= 15 is 0 Å². The number of likely N-dealkylation sites (tertiary alicyclic amines) is 1. The lowest BCUT2D eigenvalue weighted by Gasteiger charge is -2.25. The summed E-state index contributed by atoms with van der Waals surface area (Å²) in [5, 5.41) is 33.5. The van der Waals surface area contributed by atoms with Crippen molar-refractivity contribution in [3.63, 3.8) is 0 Å². The summed E-state index contributed by atoms with van der Waals surface area (Å²) in [5.74, 6) is 0. The van der Waals surface area contributed by atoms with Crippen molar-refractivity contribution in [2.75, 3.05) is 19.7 Å². The highest BCUT2D eigenvalue weighted by atomic mass is 16.6. The minimum Gasteiger partial charge on any atom is -0.395 e. The summed E-state index contributed by atoms with van der Waals surface area (Å²) in [6.45, 7) is 1.61. The van der Waals surface area contributed by atoms with E-state index in [0.717, 1.165) is 19.4 Å². The van der Waals surface area contributed by atoms with E-state index in [-0.39, 0.29) is 24.9 Å². The second-order valence-electron chi connectivity index (χ2n) is 4.81. The van der Waals surface area contributed by atoms with Crippen molar-refractivity contribution < 1.29 is 15.1 Å². The third kappa shape index (κ3) is 3.49. The number of aliphatic hydroxyl groups excluding tert-OH is 2. The van der Waals surface area contributed by atoms with Gasteiger partial charge in [-0.05, 0) is 19.4 Å². The molecule has 0 spiro atoms. The van der Waals surface area contributed by atoms with Gasteiger partial charge in [0.05, 0.1) is 24.2 Å². The van der Waals surface area contributed by atoms with Crippen molar-refractivity contribution in [3.8, 4) is 0 Å². The van der Waals surface area contributed by atoms with E-state index in [9.17, 15) is 20.3 Å². The van der Waals surface area contributed by atoms with Crippen LogP contribution in [0.15, 0.2) is 12.4 Å². The maximum absolute atomic E-state index is 10.5. The van der Waals surface area contributed by atoms with Gasteiger partial charge in [0.1, 0.15) is 12.4 Å². The van der Waals surface area contributed by atoms with Crippen LogP contribution in [0.4, 0.5) is 5.69 Å². The highest BCUT2D eigenvalue weighted by Gasteiger charge is 2.25. The standard InChI is InChI=1S/C11H18N4O4/c16-8-9-2-1-3-13(9)6-11(17)7-14-5-10(4-12-14)15(18)19/h4-5,9,11,16-17H,1-3,6-8H2/t9-,11?/m1/s1. The maximum Gasteiger partial charge on any atom is 0.306 e. The lowest BCUT2D eigenvalue weighted by atomic mass is 10.2. The van der Waals surface area contributed by atoms with Gasteiger partial charge in [-0.25, -0.2) is 0 Å². The van der Waals surface area contributed by atoms with Gasteiger partial charge in [0.2, 0.25) is 0 Å². The maximum atomic E-state index is 10.5. The molecule has 19 heavy (non-hydrogen) atoms. The number of hydrogen-bond acceptors (Lipinski definition) is 6. The first-order valence-corrected chi connectivity index (χ1v) is 6.30. The minimum absolute atomic E-state index is 0.0818. The average molecular weight is 270 g/mol. The molecule has 8 heteroatoms. The lowest BCUT2D eigenvalue weighted by molar-refractivity contribution is -0.385. The molecule has 0 amide bonds. The molecule has 2 atom stereocenters. The van der Waals surface area contributed by atoms with Crippen molar-refractivity contribution in [1.82, 2.24) is 14.7 Å². The van der Waals surface area contributed by atoms with Crippen molar-refractivity contribution >= 4 is 5.69 Å². The van der Waals surface area contributed by atoms with Crippen LogP contribution in [-0.2, 0) is 6.54 Å². The van der Waals surface area contributed by atoms with E-state index < -0.39 is 11.0 Å². The Morgan fingerprint density at radius 1 is 1.58 bits per heavy atom. The lowest BCUT2D eigenvalue weighted by Crippen LogP contribution is -2.39. The fraction of sp³-hybridized carbons (Fsp3) is 0.727. The summed E-state index contributed by atoms with van der Waals surface area (Å²) in [5.41, 5.74) is -0.0818. The summed E-state index contributed by atoms with van der Waals surface area (Å²) < 4.78 is 1.37. The first-order chi connectivity index (χ1) is 9.10. The Labute approximate surface area is 110 Å². The van der Waals surface area contributed by atoms with Gasteiger partial charge >= 0.3 is 5.69 Å². The van der Waals surface area contributed by atoms with Crippen molar-refractivity contribution in [3.05, 3.63) is 22.5 Å². The van der Waals surface area contributed by atoms with Crippen molar-refractivity contribution in [1.29, 1.82) is 0 Å². The molecule has 1 aromatic rings. The summed E-state index contributed by atoms with van der Waals surface area (Å²) in [4.78, 5) is 12.0. The zero-order valence-corrected chi connectivity index (χ0v) is 10.6. The zero-order valence-electron chi connectivity index (χ0n) is 10.6. The van der Waals surface area contributed by atoms with Gasteiger partial charge in [0.15, 0.2) is 0 Å². The number of hydrogen-bond donors (Lipinski definition) is 2. The first-order valence-electron chi connectivity index (χ1n) is 6.30. The number of aromatic nitrogens is 2. The summed E-state index contributed by atoms with van der Waals surface area (Å²) in [6, 6.07) is 0.113. The molecule has 1 saturated heterocycles. The fourth-order valence-corrected chi connectivity index (χ4v) is 2.43. The van der Waals surface area contributed by atoms with Gasteiger partial charge in [0.25, 0.3) is 0 Å². The van der Waals surface area contributed by atoms with E-state index in [0.29, 0.717) is 6.54 Å². The van der Waals surface area contributed by atoms with Crippen LogP contribution in [0.3, 0.4) is 0 Å². The average Bonchev–Trinajstić information content (AvgIpc) is 2.97. The third-order valence-corrected chi connectivity index (χ3v) is 3.38. The molecule has 0 aliphatic carbocycles. The van der Waals surface area contributed by atoms with Crippen LogP contribution in [0.5, 0.6) is 0 Å². The smallest absolute Gasteiger partial charge is 0.306 e. The molecule has 0 saturated carbocycles. The highest BCUT2D eigenvalue weighted by molar-refractivity contribution is 5.20. The number of rotatable bonds is 6. The number of β-amino-alcohol motifs (C(OH)–C–C–N with tert-alkyl or cyclic N) is 1. The molecule has 1 aliphatic rings. The van der Waals surface area contributed by atoms with E-state index in [1.54, 1.807) is 0 Å². The molecule has 1 unspecified atom stereocenters. The molecule has 0 bridgehead atoms. The quantitative estimate of drug-likeness (QED) is 0.539. The molecule has 1 aromatic heterocycles. The van der Waals surface area contributed by atoms with Crippen LogP contribution in [0.25, 0.3) is 0 Å². The largest absolute Gasteiger partial charge is 0.395 e. The number of nitro groups is 1. The van der Waals surface area contributed by atoms with Gasteiger partial charge < -0.3 is 10.2 Å². The monoisotopic (exact) mass is 270 g/mol. The van der Waals surface area contributed by atoms with Crippen LogP contribution in [0, 0.1) is 10.1 Å². The normalized spacial score (nSPS) is 21.7. The summed E-state index contributed by atoms with van der Waals surface area (Å²) in [7, 11) is 0. The van der Waals surface area contributed by atoms with Gasteiger partial charge in [-0.15, -0.1) is 0 Å². The Bertz CT molecular complexity index is 436. The number of aliphatic hydroxyl groups is 2. The Hall–Kier alpha value is -1.51. The Morgan fingerprint density at radius 2 is 2.37 bits per heavy atom. The van der Waals surface area contributed by atoms with Crippen LogP contribution < -0.4 is 0 Å². The highest BCUT2D eigenvalue weighted by Crippen LogP contribution is 2.17. The second-order valence-corrected chi connectivity index (χ2v) is 4.81. The molecule has 0 aromatic carbocycles. The molecule has 106 valence electrons. The number of nitrogens with zero attached hydrogens (tertiary/aromatic N) is 4. The topological polar surface area (TPSA) is 105 Å². The third-order valence-electron chi connectivity index (χ3n) is 3.38. The molecule has 2 rings (SSSR count). The summed E-state index contributed by atoms with van der Waals surface area (Å²) in [6.07, 6.45) is 3.77. The molecular weight excluding hydrogens is 252 g/mol. The van der Waals surface area contributed by atoms with Gasteiger partial charge in [0, 0.05) is 12.6 Å². The van der Waals surface area contributed by atoms with Crippen LogP contribution in [-0.4, -0.2) is 61.7 Å². The first kappa shape index (κ1) is 13.9. The minimum atomic E-state index is -0.661. The molecule has 8 nitrogen and oxygen atoms in total. The SMILES string of the molecule is O=[N+]([O-])c1cnn(CC(O)CN2CCC[C@@H]2CO)c1. The predicted molar refractivity (Wildman–Crippen MR) is 66.6 cm³/mol. The van der Waals surface area contributed by atoms with E-state index in [1.165, 1.54) is 17.1 Å². The van der Waals surface area contributed by atoms with Crippen molar-refractivity contribution in [2.45, 2.75) is 31.5 Å². The molecule has 2 N–H and O–H groups in total. The van der Waals surface area contributed by atoms with Gasteiger partial charge in [-0.3, -0.25) is 19.7 Å². The zero-order chi connectivity index (χ0) is 13.8. The molecular formula is C11H18N4O4. The second kappa shape index (κ2) is 6.09. The van der Waals surface area contributed by atoms with E-state index in [1.807, 2.05) is 4.90 Å². The molecule has 2 heterocycles. The van der Waals surface area contributed by atoms with Crippen LogP contribution in [0.2, 0.25) is 0 Å².